The second-order valence-corrected chi connectivity index (χ2v) is 14.1. The smallest absolute Gasteiger partial charge is 0.243 e. The van der Waals surface area contributed by atoms with E-state index in [9.17, 15) is 9.36 Å². The Morgan fingerprint density at radius 1 is 1.24 bits per heavy atom. The lowest BCUT2D eigenvalue weighted by Gasteiger charge is -2.26. The Morgan fingerprint density at radius 3 is 2.66 bits per heavy atom. The van der Waals surface area contributed by atoms with Gasteiger partial charge in [0.15, 0.2) is 5.82 Å². The Labute approximate surface area is 246 Å². The Morgan fingerprint density at radius 2 is 2.00 bits per heavy atom. The molecule has 1 saturated heterocycles. The summed E-state index contributed by atoms with van der Waals surface area (Å²) in [6.07, 6.45) is 3.79. The largest absolute Gasteiger partial charge is 0.494 e. The van der Waals surface area contributed by atoms with Crippen LogP contribution in [0.15, 0.2) is 55.3 Å². The van der Waals surface area contributed by atoms with Crippen LogP contribution in [0.5, 0.6) is 5.75 Å². The first-order chi connectivity index (χ1) is 19.5. The number of ether oxygens (including phenoxy) is 1. The van der Waals surface area contributed by atoms with Gasteiger partial charge in [-0.3, -0.25) is 4.79 Å². The van der Waals surface area contributed by atoms with E-state index in [1.165, 1.54) is 12.3 Å². The maximum atomic E-state index is 12.8. The number of nitrogens with zero attached hydrogens (tertiary/aromatic N) is 4. The number of hydrogen-bond donors (Lipinski definition) is 3. The summed E-state index contributed by atoms with van der Waals surface area (Å²) in [5.41, 5.74) is 3.19. The standard InChI is InChI=1S/C29H37ClN7O3P/c1-7-27(38)31-16-19-14-23(25(40-4)15-24(19)37-13-12-20(18-37)36(2)3)34-29-32-17-21(30)28(35-29)33-22-10-8-9-11-26(22)41(5,6)39/h7-11,14-15,17,20H,1,12-13,16,18H2,2-6H3,(H,31,38)(H2,32,33,34,35). The molecule has 1 aromatic heterocycles. The third-order valence-corrected chi connectivity index (χ3v) is 8.83. The molecule has 1 fully saturated rings. The third-order valence-electron chi connectivity index (χ3n) is 7.00. The van der Waals surface area contributed by atoms with Crippen LogP contribution in [0.4, 0.5) is 28.8 Å². The van der Waals surface area contributed by atoms with Crippen LogP contribution in [0.1, 0.15) is 12.0 Å². The molecule has 1 aliphatic rings. The second-order valence-electron chi connectivity index (χ2n) is 10.5. The normalized spacial score (nSPS) is 15.1. The highest BCUT2D eigenvalue weighted by molar-refractivity contribution is 7.70. The average Bonchev–Trinajstić information content (AvgIpc) is 3.44. The average molecular weight is 598 g/mol. The number of amides is 1. The lowest BCUT2D eigenvalue weighted by Crippen LogP contribution is -2.32. The number of carbonyl (C=O) groups is 1. The molecule has 2 aromatic carbocycles. The van der Waals surface area contributed by atoms with Crippen molar-refractivity contribution in [3.63, 3.8) is 0 Å². The van der Waals surface area contributed by atoms with Crippen LogP contribution >= 0.6 is 18.7 Å². The van der Waals surface area contributed by atoms with E-state index in [1.807, 2.05) is 36.4 Å². The van der Waals surface area contributed by atoms with Crippen molar-refractivity contribution in [2.24, 2.45) is 0 Å². The van der Waals surface area contributed by atoms with Gasteiger partial charge in [0.25, 0.3) is 0 Å². The van der Waals surface area contributed by atoms with Crippen molar-refractivity contribution in [3.8, 4) is 5.75 Å². The molecule has 0 aliphatic carbocycles. The number of aromatic nitrogens is 2. The van der Waals surface area contributed by atoms with E-state index in [2.05, 4.69) is 56.4 Å². The highest BCUT2D eigenvalue weighted by Crippen LogP contribution is 2.39. The number of halogens is 1. The molecule has 3 N–H and O–H groups in total. The molecule has 1 amide bonds. The maximum Gasteiger partial charge on any atom is 0.243 e. The van der Waals surface area contributed by atoms with Gasteiger partial charge in [0.2, 0.25) is 11.9 Å². The molecular formula is C29H37ClN7O3P. The van der Waals surface area contributed by atoms with Crippen LogP contribution in [0.3, 0.4) is 0 Å². The zero-order valence-electron chi connectivity index (χ0n) is 24.1. The number of hydrogen-bond acceptors (Lipinski definition) is 9. The zero-order chi connectivity index (χ0) is 29.7. The molecule has 3 aromatic rings. The minimum atomic E-state index is -2.55. The number of rotatable bonds is 11. The van der Waals surface area contributed by atoms with Crippen LogP contribution < -0.4 is 30.9 Å². The molecule has 41 heavy (non-hydrogen) atoms. The van der Waals surface area contributed by atoms with Crippen molar-refractivity contribution in [2.75, 3.05) is 63.2 Å². The fourth-order valence-corrected chi connectivity index (χ4v) is 6.06. The van der Waals surface area contributed by atoms with E-state index in [0.29, 0.717) is 45.9 Å². The molecule has 10 nitrogen and oxygen atoms in total. The van der Waals surface area contributed by atoms with Crippen molar-refractivity contribution < 1.29 is 14.1 Å². The molecule has 2 heterocycles. The van der Waals surface area contributed by atoms with Gasteiger partial charge in [0.05, 0.1) is 24.7 Å². The van der Waals surface area contributed by atoms with Gasteiger partial charge >= 0.3 is 0 Å². The minimum absolute atomic E-state index is 0.255. The fraction of sp³-hybridized carbons (Fsp3) is 0.345. The van der Waals surface area contributed by atoms with E-state index in [1.54, 1.807) is 20.4 Å². The van der Waals surface area contributed by atoms with E-state index >= 15 is 0 Å². The van der Waals surface area contributed by atoms with Gasteiger partial charge in [-0.1, -0.05) is 30.3 Å². The molecule has 1 atom stereocenters. The highest BCUT2D eigenvalue weighted by atomic mass is 35.5. The lowest BCUT2D eigenvalue weighted by atomic mass is 10.1. The molecule has 0 saturated carbocycles. The van der Waals surface area contributed by atoms with Crippen molar-refractivity contribution in [1.82, 2.24) is 20.2 Å². The summed E-state index contributed by atoms with van der Waals surface area (Å²) in [7, 11) is 3.23. The fourth-order valence-electron chi connectivity index (χ4n) is 4.77. The van der Waals surface area contributed by atoms with Crippen molar-refractivity contribution in [3.05, 3.63) is 65.8 Å². The van der Waals surface area contributed by atoms with Gasteiger partial charge in [-0.25, -0.2) is 4.98 Å². The van der Waals surface area contributed by atoms with Gasteiger partial charge in [-0.2, -0.15) is 4.98 Å². The lowest BCUT2D eigenvalue weighted by molar-refractivity contribution is -0.116. The predicted octanol–water partition coefficient (Wildman–Crippen LogP) is 4.82. The molecular weight excluding hydrogens is 561 g/mol. The number of methoxy groups -OCH3 is 1. The van der Waals surface area contributed by atoms with Crippen molar-refractivity contribution in [1.29, 1.82) is 0 Å². The number of anilines is 5. The molecule has 0 radical (unpaired) electrons. The first kappa shape index (κ1) is 30.4. The molecule has 0 bridgehead atoms. The van der Waals surface area contributed by atoms with E-state index in [0.717, 1.165) is 30.8 Å². The number of para-hydroxylation sites is 1. The Kier molecular flexibility index (Phi) is 9.58. The first-order valence-corrected chi connectivity index (χ1v) is 16.2. The van der Waals surface area contributed by atoms with Crippen LogP contribution in [0.25, 0.3) is 0 Å². The molecule has 218 valence electrons. The van der Waals surface area contributed by atoms with E-state index < -0.39 is 7.14 Å². The van der Waals surface area contributed by atoms with Crippen LogP contribution in [0, 0.1) is 0 Å². The zero-order valence-corrected chi connectivity index (χ0v) is 25.7. The monoisotopic (exact) mass is 597 g/mol. The quantitative estimate of drug-likeness (QED) is 0.212. The van der Waals surface area contributed by atoms with Gasteiger partial charge in [0.1, 0.15) is 17.9 Å². The summed E-state index contributed by atoms with van der Waals surface area (Å²) in [6.45, 7) is 9.06. The maximum absolute atomic E-state index is 12.8. The summed E-state index contributed by atoms with van der Waals surface area (Å²) in [4.78, 5) is 25.5. The van der Waals surface area contributed by atoms with Crippen molar-refractivity contribution >= 4 is 58.8 Å². The summed E-state index contributed by atoms with van der Waals surface area (Å²) in [6, 6.07) is 11.7. The molecule has 0 spiro atoms. The van der Waals surface area contributed by atoms with Crippen LogP contribution in [-0.2, 0) is 15.9 Å². The second kappa shape index (κ2) is 12.9. The van der Waals surface area contributed by atoms with Gasteiger partial charge < -0.3 is 35.1 Å². The van der Waals surface area contributed by atoms with Crippen LogP contribution in [-0.4, -0.2) is 74.4 Å². The molecule has 1 aliphatic heterocycles. The molecule has 4 rings (SSSR count). The Hall–Kier alpha value is -3.59. The summed E-state index contributed by atoms with van der Waals surface area (Å²) in [5.74, 6) is 0.996. The van der Waals surface area contributed by atoms with Crippen LogP contribution in [0.2, 0.25) is 5.02 Å². The number of nitrogens with one attached hydrogen (secondary N) is 3. The topological polar surface area (TPSA) is 112 Å². The summed E-state index contributed by atoms with van der Waals surface area (Å²) >= 11 is 6.45. The summed E-state index contributed by atoms with van der Waals surface area (Å²) in [5, 5.41) is 10.4. The summed E-state index contributed by atoms with van der Waals surface area (Å²) < 4.78 is 18.6. The molecule has 1 unspecified atom stereocenters. The van der Waals surface area contributed by atoms with Crippen molar-refractivity contribution in [2.45, 2.75) is 19.0 Å². The van der Waals surface area contributed by atoms with E-state index in [4.69, 9.17) is 16.3 Å². The number of likely N-dealkylation sites (N-methyl/N-ethyl adjacent to an activating group) is 1. The Bertz CT molecular complexity index is 1480. The first-order valence-electron chi connectivity index (χ1n) is 13.2. The van der Waals surface area contributed by atoms with E-state index in [-0.39, 0.29) is 11.9 Å². The molecule has 12 heteroatoms. The third kappa shape index (κ3) is 7.38. The number of benzene rings is 2. The number of carbonyl (C=O) groups excluding carboxylic acids is 1. The highest BCUT2D eigenvalue weighted by Gasteiger charge is 2.27. The van der Waals surface area contributed by atoms with Gasteiger partial charge in [0, 0.05) is 42.7 Å². The van der Waals surface area contributed by atoms with Gasteiger partial charge in [-0.05, 0) is 63.7 Å². The minimum Gasteiger partial charge on any atom is -0.494 e. The Balaban J connectivity index is 1.67. The predicted molar refractivity (Wildman–Crippen MR) is 168 cm³/mol. The van der Waals surface area contributed by atoms with Gasteiger partial charge in [-0.15, -0.1) is 0 Å². The SMILES string of the molecule is C=CC(=O)NCc1cc(Nc2ncc(Cl)c(Nc3ccccc3P(C)(C)=O)n2)c(OC)cc1N1CCC(N(C)C)C1.